The third-order valence-corrected chi connectivity index (χ3v) is 7.61. The lowest BCUT2D eigenvalue weighted by Gasteiger charge is -2.28. The third-order valence-electron chi connectivity index (χ3n) is 7.61. The number of allylic oxidation sites excluding steroid dienone is 1. The van der Waals surface area contributed by atoms with Crippen LogP contribution in [0.5, 0.6) is 0 Å². The molecule has 0 radical (unpaired) electrons. The molecule has 0 saturated heterocycles. The van der Waals surface area contributed by atoms with E-state index in [4.69, 9.17) is 19.6 Å². The fraction of sp³-hybridized carbons (Fsp3) is 0.556. The summed E-state index contributed by atoms with van der Waals surface area (Å²) in [5.74, 6) is 1.52. The minimum atomic E-state index is -0.655. The normalized spacial score (nSPS) is 13.0. The van der Waals surface area contributed by atoms with E-state index in [1.165, 1.54) is 16.7 Å². The predicted molar refractivity (Wildman–Crippen MR) is 185 cm³/mol. The molecule has 0 fully saturated rings. The molecule has 0 atom stereocenters. The number of nitrogens with zero attached hydrogens (tertiary/aromatic N) is 4. The average Bonchev–Trinajstić information content (AvgIpc) is 3.57. The largest absolute Gasteiger partial charge is 0.444 e. The van der Waals surface area contributed by atoms with Crippen LogP contribution in [-0.2, 0) is 15.9 Å². The van der Waals surface area contributed by atoms with Gasteiger partial charge in [0.05, 0.1) is 6.20 Å². The van der Waals surface area contributed by atoms with Gasteiger partial charge in [0.2, 0.25) is 0 Å². The molecule has 2 amide bonds. The first kappa shape index (κ1) is 34.8. The van der Waals surface area contributed by atoms with Crippen LogP contribution < -0.4 is 15.5 Å². The standard InChI is InChI=1S/C36H52N6O4/c1-25(2)29-24-39-42-31(23-30(40-32(29)42)37-20-13-9-10-14-21-38-33(43)45-35(3,4)5)41(34(44)46-36(6,7)8)22-19-27-18-17-26-15-11-12-16-28(26)27/h11-12,15-16,18,23-25H,9-10,13-14,17,19-22H2,1-8H3,(H,37,40)(H,38,43). The van der Waals surface area contributed by atoms with E-state index in [1.54, 1.807) is 9.42 Å². The van der Waals surface area contributed by atoms with E-state index in [0.717, 1.165) is 49.9 Å². The highest BCUT2D eigenvalue weighted by Crippen LogP contribution is 2.32. The summed E-state index contributed by atoms with van der Waals surface area (Å²) in [6.07, 6.45) is 8.70. The van der Waals surface area contributed by atoms with Crippen molar-refractivity contribution in [1.29, 1.82) is 0 Å². The lowest BCUT2D eigenvalue weighted by Crippen LogP contribution is -2.38. The van der Waals surface area contributed by atoms with Gasteiger partial charge in [0.25, 0.3) is 0 Å². The van der Waals surface area contributed by atoms with Crippen molar-refractivity contribution in [3.8, 4) is 0 Å². The predicted octanol–water partition coefficient (Wildman–Crippen LogP) is 8.12. The fourth-order valence-corrected chi connectivity index (χ4v) is 5.42. The maximum absolute atomic E-state index is 13.8. The molecule has 0 unspecified atom stereocenters. The second-order valence-corrected chi connectivity index (χ2v) is 14.2. The summed E-state index contributed by atoms with van der Waals surface area (Å²) in [5, 5.41) is 11.0. The highest BCUT2D eigenvalue weighted by Gasteiger charge is 2.28. The van der Waals surface area contributed by atoms with Crippen molar-refractivity contribution in [2.75, 3.05) is 29.9 Å². The van der Waals surface area contributed by atoms with Crippen LogP contribution in [0.25, 0.3) is 11.2 Å². The van der Waals surface area contributed by atoms with Crippen LogP contribution >= 0.6 is 0 Å². The summed E-state index contributed by atoms with van der Waals surface area (Å²) in [4.78, 5) is 32.2. The van der Waals surface area contributed by atoms with E-state index in [0.29, 0.717) is 31.1 Å². The number of hydrogen-bond donors (Lipinski definition) is 2. The van der Waals surface area contributed by atoms with E-state index in [9.17, 15) is 9.59 Å². The zero-order valence-electron chi connectivity index (χ0n) is 28.9. The Morgan fingerprint density at radius 2 is 1.67 bits per heavy atom. The number of carbonyl (C=O) groups is 2. The molecule has 3 aromatic rings. The number of anilines is 2. The van der Waals surface area contributed by atoms with Crippen molar-refractivity contribution in [2.24, 2.45) is 0 Å². The summed E-state index contributed by atoms with van der Waals surface area (Å²) in [5.41, 5.74) is 4.38. The summed E-state index contributed by atoms with van der Waals surface area (Å²) >= 11 is 0. The molecule has 4 rings (SSSR count). The number of unbranched alkanes of at least 4 members (excludes halogenated alkanes) is 3. The Labute approximate surface area is 273 Å². The second kappa shape index (κ2) is 15.0. The van der Waals surface area contributed by atoms with Crippen LogP contribution in [-0.4, -0.2) is 57.6 Å². The number of benzene rings is 1. The van der Waals surface area contributed by atoms with Crippen molar-refractivity contribution >= 4 is 35.0 Å². The molecule has 0 saturated carbocycles. The highest BCUT2D eigenvalue weighted by atomic mass is 16.6. The average molecular weight is 633 g/mol. The zero-order chi connectivity index (χ0) is 33.5. The van der Waals surface area contributed by atoms with Crippen LogP contribution in [0.1, 0.15) is 110 Å². The van der Waals surface area contributed by atoms with E-state index in [-0.39, 0.29) is 12.0 Å². The second-order valence-electron chi connectivity index (χ2n) is 14.2. The Balaban J connectivity index is 1.47. The summed E-state index contributed by atoms with van der Waals surface area (Å²) in [7, 11) is 0. The zero-order valence-corrected chi connectivity index (χ0v) is 28.9. The Hall–Kier alpha value is -4.08. The van der Waals surface area contributed by atoms with Crippen LogP contribution in [0.3, 0.4) is 0 Å². The number of rotatable bonds is 13. The number of fused-ring (bicyclic) bond motifs is 2. The third kappa shape index (κ3) is 9.71. The number of aromatic nitrogens is 3. The quantitative estimate of drug-likeness (QED) is 0.183. The number of nitrogens with one attached hydrogen (secondary N) is 2. The van der Waals surface area contributed by atoms with Gasteiger partial charge in [-0.25, -0.2) is 14.6 Å². The lowest BCUT2D eigenvalue weighted by atomic mass is 10.0. The maximum Gasteiger partial charge on any atom is 0.416 e. The molecule has 10 nitrogen and oxygen atoms in total. The number of carbonyl (C=O) groups excluding carboxylic acids is 2. The topological polar surface area (TPSA) is 110 Å². The Bertz CT molecular complexity index is 1530. The van der Waals surface area contributed by atoms with Gasteiger partial charge in [-0.15, -0.1) is 0 Å². The van der Waals surface area contributed by atoms with Gasteiger partial charge in [0.1, 0.15) is 22.8 Å². The van der Waals surface area contributed by atoms with Crippen LogP contribution in [0.15, 0.2) is 42.6 Å². The van der Waals surface area contributed by atoms with Crippen molar-refractivity contribution < 1.29 is 19.1 Å². The Morgan fingerprint density at radius 3 is 2.37 bits per heavy atom. The molecular formula is C36H52N6O4. The molecule has 1 aliphatic carbocycles. The lowest BCUT2D eigenvalue weighted by molar-refractivity contribution is 0.0524. The maximum atomic E-state index is 13.8. The Morgan fingerprint density at radius 1 is 0.978 bits per heavy atom. The summed E-state index contributed by atoms with van der Waals surface area (Å²) in [6.45, 7) is 17.2. The Kier molecular flexibility index (Phi) is 11.3. The first-order valence-electron chi connectivity index (χ1n) is 16.6. The number of alkyl carbamates (subject to hydrolysis) is 1. The van der Waals surface area contributed by atoms with Crippen molar-refractivity contribution in [3.63, 3.8) is 0 Å². The van der Waals surface area contributed by atoms with Gasteiger partial charge in [0, 0.05) is 31.3 Å². The molecule has 2 N–H and O–H groups in total. The molecule has 0 spiro atoms. The van der Waals surface area contributed by atoms with E-state index < -0.39 is 17.3 Å². The van der Waals surface area contributed by atoms with Crippen LogP contribution in [0.4, 0.5) is 21.2 Å². The van der Waals surface area contributed by atoms with Crippen LogP contribution in [0.2, 0.25) is 0 Å². The van der Waals surface area contributed by atoms with E-state index in [2.05, 4.69) is 54.8 Å². The molecule has 1 aliphatic rings. The molecule has 46 heavy (non-hydrogen) atoms. The number of ether oxygens (including phenoxy) is 2. The summed E-state index contributed by atoms with van der Waals surface area (Å²) in [6, 6.07) is 10.3. The molecule has 0 aliphatic heterocycles. The van der Waals surface area contributed by atoms with Gasteiger partial charge in [-0.2, -0.15) is 9.61 Å². The first-order valence-corrected chi connectivity index (χ1v) is 16.6. The fourth-order valence-electron chi connectivity index (χ4n) is 5.42. The highest BCUT2D eigenvalue weighted by molar-refractivity contribution is 5.88. The SMILES string of the molecule is CC(C)c1cnn2c(N(CCC3=CCc4ccccc43)C(=O)OC(C)(C)C)cc(NCCCCCCNC(=O)OC(C)(C)C)nc12. The van der Waals surface area contributed by atoms with Gasteiger partial charge < -0.3 is 20.1 Å². The molecule has 2 heterocycles. The van der Waals surface area contributed by atoms with Gasteiger partial charge in [-0.05, 0) is 89.8 Å². The summed E-state index contributed by atoms with van der Waals surface area (Å²) < 4.78 is 13.0. The molecule has 250 valence electrons. The van der Waals surface area contributed by atoms with Crippen molar-refractivity contribution in [1.82, 2.24) is 19.9 Å². The molecule has 10 heteroatoms. The molecule has 1 aromatic carbocycles. The molecule has 2 aromatic heterocycles. The molecular weight excluding hydrogens is 580 g/mol. The van der Waals surface area contributed by atoms with Gasteiger partial charge in [-0.3, -0.25) is 4.90 Å². The van der Waals surface area contributed by atoms with E-state index in [1.807, 2.05) is 53.8 Å². The van der Waals surface area contributed by atoms with Gasteiger partial charge >= 0.3 is 12.2 Å². The van der Waals surface area contributed by atoms with E-state index >= 15 is 0 Å². The monoisotopic (exact) mass is 632 g/mol. The van der Waals surface area contributed by atoms with Crippen molar-refractivity contribution in [3.05, 3.63) is 59.3 Å². The first-order chi connectivity index (χ1) is 21.7. The molecule has 0 bridgehead atoms. The number of amides is 2. The van der Waals surface area contributed by atoms with Gasteiger partial charge in [0.15, 0.2) is 5.65 Å². The smallest absolute Gasteiger partial charge is 0.416 e. The minimum absolute atomic E-state index is 0.206. The number of hydrogen-bond acceptors (Lipinski definition) is 7. The van der Waals surface area contributed by atoms with Gasteiger partial charge in [-0.1, -0.05) is 57.0 Å². The van der Waals surface area contributed by atoms with Crippen LogP contribution in [0, 0.1) is 0 Å². The minimum Gasteiger partial charge on any atom is -0.444 e. The van der Waals surface area contributed by atoms with Crippen molar-refractivity contribution in [2.45, 2.75) is 111 Å².